The van der Waals surface area contributed by atoms with Crippen molar-refractivity contribution in [2.45, 2.75) is 17.4 Å². The molecule has 0 spiro atoms. The van der Waals surface area contributed by atoms with Crippen molar-refractivity contribution in [2.24, 2.45) is 5.73 Å². The number of nitrogens with zero attached hydrogens (tertiary/aromatic N) is 2. The lowest BCUT2D eigenvalue weighted by Crippen LogP contribution is -2.56. The van der Waals surface area contributed by atoms with Gasteiger partial charge < -0.3 is 16.0 Å². The second-order valence-electron chi connectivity index (χ2n) is 6.03. The minimum absolute atomic E-state index is 0.128. The third-order valence-corrected chi connectivity index (χ3v) is 6.98. The largest absolute Gasteiger partial charge is 0.352 e. The molecule has 8 nitrogen and oxygen atoms in total. The number of carbonyl (C=O) groups excluding carboxylic acids is 2. The number of halogens is 1. The molecule has 1 fully saturated rings. The van der Waals surface area contributed by atoms with Gasteiger partial charge in [-0.05, 0) is 36.6 Å². The van der Waals surface area contributed by atoms with Gasteiger partial charge in [-0.1, -0.05) is 17.7 Å². The molecule has 0 bridgehead atoms. The summed E-state index contributed by atoms with van der Waals surface area (Å²) in [4.78, 5) is 25.5. The van der Waals surface area contributed by atoms with Gasteiger partial charge in [-0.2, -0.15) is 16.1 Å². The summed E-state index contributed by atoms with van der Waals surface area (Å²) < 4.78 is 26.8. The molecule has 1 saturated heterocycles. The minimum Gasteiger partial charge on any atom is -0.352 e. The summed E-state index contributed by atoms with van der Waals surface area (Å²) in [6.45, 7) is 0.836. The van der Waals surface area contributed by atoms with Crippen molar-refractivity contribution in [3.05, 3.63) is 29.3 Å². The zero-order valence-corrected chi connectivity index (χ0v) is 17.3. The molecule has 11 heteroatoms. The number of hydrogen-bond acceptors (Lipinski definition) is 5. The van der Waals surface area contributed by atoms with E-state index in [1.807, 2.05) is 6.26 Å². The quantitative estimate of drug-likeness (QED) is 0.663. The zero-order valence-electron chi connectivity index (χ0n) is 14.9. The maximum Gasteiger partial charge on any atom is 0.312 e. The van der Waals surface area contributed by atoms with E-state index < -0.39 is 22.1 Å². The Morgan fingerprint density at radius 3 is 2.52 bits per heavy atom. The van der Waals surface area contributed by atoms with E-state index in [4.69, 9.17) is 17.3 Å². The normalized spacial score (nSPS) is 16.7. The van der Waals surface area contributed by atoms with Crippen molar-refractivity contribution in [1.82, 2.24) is 14.5 Å². The van der Waals surface area contributed by atoms with E-state index in [0.29, 0.717) is 17.2 Å². The molecular formula is C16H23ClN4O4S2. The van der Waals surface area contributed by atoms with Gasteiger partial charge in [0.15, 0.2) is 0 Å². The molecule has 0 aromatic heterocycles. The zero-order chi connectivity index (χ0) is 20.0. The van der Waals surface area contributed by atoms with Crippen molar-refractivity contribution in [2.75, 3.05) is 38.2 Å². The summed E-state index contributed by atoms with van der Waals surface area (Å²) in [6, 6.07) is 4.64. The minimum atomic E-state index is -3.67. The first-order chi connectivity index (χ1) is 12.8. The number of amides is 3. The number of nitrogens with one attached hydrogen (secondary N) is 1. The maximum absolute atomic E-state index is 12.7. The molecule has 1 heterocycles. The lowest BCUT2D eigenvalue weighted by atomic mass is 10.2. The van der Waals surface area contributed by atoms with Gasteiger partial charge in [0.2, 0.25) is 15.9 Å². The predicted molar refractivity (Wildman–Crippen MR) is 106 cm³/mol. The highest BCUT2D eigenvalue weighted by molar-refractivity contribution is 7.98. The molecule has 150 valence electrons. The van der Waals surface area contributed by atoms with Gasteiger partial charge >= 0.3 is 6.03 Å². The predicted octanol–water partition coefficient (Wildman–Crippen LogP) is 0.963. The van der Waals surface area contributed by atoms with Gasteiger partial charge in [-0.25, -0.2) is 13.2 Å². The molecule has 3 N–H and O–H groups in total. The third kappa shape index (κ3) is 5.74. The second-order valence-corrected chi connectivity index (χ2v) is 9.39. The van der Waals surface area contributed by atoms with Gasteiger partial charge in [0.1, 0.15) is 6.04 Å². The average Bonchev–Trinajstić information content (AvgIpc) is 2.64. The van der Waals surface area contributed by atoms with Gasteiger partial charge in [-0.15, -0.1) is 0 Å². The summed E-state index contributed by atoms with van der Waals surface area (Å²) in [7, 11) is -3.67. The van der Waals surface area contributed by atoms with Gasteiger partial charge in [0.05, 0.1) is 4.90 Å². The van der Waals surface area contributed by atoms with Crippen molar-refractivity contribution in [3.63, 3.8) is 0 Å². The molecule has 1 aromatic carbocycles. The fourth-order valence-electron chi connectivity index (χ4n) is 2.81. The summed E-state index contributed by atoms with van der Waals surface area (Å²) in [5.74, 6) is 0.447. The molecule has 1 aromatic rings. The number of hydrogen-bond donors (Lipinski definition) is 2. The summed E-state index contributed by atoms with van der Waals surface area (Å²) in [5.41, 5.74) is 5.16. The molecule has 1 atom stereocenters. The van der Waals surface area contributed by atoms with E-state index in [9.17, 15) is 18.0 Å². The summed E-state index contributed by atoms with van der Waals surface area (Å²) >= 11 is 7.45. The number of sulfonamides is 1. The Hall–Kier alpha value is -1.49. The second kappa shape index (κ2) is 9.63. The Kier molecular flexibility index (Phi) is 7.78. The van der Waals surface area contributed by atoms with Crippen LogP contribution in [0, 0.1) is 0 Å². The molecule has 0 unspecified atom stereocenters. The Balaban J connectivity index is 2.02. The average molecular weight is 435 g/mol. The van der Waals surface area contributed by atoms with Crippen LogP contribution < -0.4 is 11.1 Å². The van der Waals surface area contributed by atoms with Crippen LogP contribution >= 0.6 is 23.4 Å². The molecule has 0 radical (unpaired) electrons. The molecular weight excluding hydrogens is 412 g/mol. The van der Waals surface area contributed by atoms with Crippen molar-refractivity contribution in [1.29, 1.82) is 0 Å². The Morgan fingerprint density at radius 1 is 1.30 bits per heavy atom. The molecule has 3 amide bonds. The van der Waals surface area contributed by atoms with Crippen LogP contribution in [0.2, 0.25) is 5.02 Å². The van der Waals surface area contributed by atoms with Crippen LogP contribution in [0.5, 0.6) is 0 Å². The lowest BCUT2D eigenvalue weighted by molar-refractivity contribution is -0.134. The number of piperazine rings is 1. The molecule has 1 aliphatic rings. The van der Waals surface area contributed by atoms with Gasteiger partial charge in [0.25, 0.3) is 0 Å². The highest BCUT2D eigenvalue weighted by atomic mass is 35.5. The first-order valence-corrected chi connectivity index (χ1v) is 11.6. The van der Waals surface area contributed by atoms with Gasteiger partial charge in [0, 0.05) is 31.2 Å². The molecule has 0 saturated carbocycles. The van der Waals surface area contributed by atoms with Crippen molar-refractivity contribution < 1.29 is 18.0 Å². The number of urea groups is 1. The Labute approximate surface area is 168 Å². The van der Waals surface area contributed by atoms with Crippen LogP contribution in [0.15, 0.2) is 29.2 Å². The van der Waals surface area contributed by atoms with E-state index in [1.165, 1.54) is 16.4 Å². The fraction of sp³-hybridized carbons (Fsp3) is 0.500. The number of nitrogens with two attached hydrogens (primary N) is 1. The van der Waals surface area contributed by atoms with E-state index >= 15 is 0 Å². The maximum atomic E-state index is 12.7. The van der Waals surface area contributed by atoms with Gasteiger partial charge in [-0.3, -0.25) is 4.79 Å². The van der Waals surface area contributed by atoms with E-state index in [0.717, 1.165) is 0 Å². The smallest absolute Gasteiger partial charge is 0.312 e. The molecule has 1 aliphatic heterocycles. The standard InChI is InChI=1S/C16H23ClN4O4S2/c1-26-10-5-14(19-16(18)23)15(22)20-6-8-21(9-7-20)27(24,25)13-4-2-3-12(17)11-13/h2-4,11,14H,5-10H2,1H3,(H3,18,19,23)/t14-/m1/s1. The number of thioether (sulfide) groups is 1. The summed E-state index contributed by atoms with van der Waals surface area (Å²) in [6.07, 6.45) is 2.37. The number of carbonyl (C=O) groups is 2. The highest BCUT2D eigenvalue weighted by Gasteiger charge is 2.32. The third-order valence-electron chi connectivity index (χ3n) is 4.21. The topological polar surface area (TPSA) is 113 Å². The van der Waals surface area contributed by atoms with E-state index in [-0.39, 0.29) is 37.0 Å². The van der Waals surface area contributed by atoms with Crippen LogP contribution in [0.3, 0.4) is 0 Å². The molecule has 2 rings (SSSR count). The van der Waals surface area contributed by atoms with Crippen LogP contribution in [0.1, 0.15) is 6.42 Å². The van der Waals surface area contributed by atoms with Crippen LogP contribution in [0.25, 0.3) is 0 Å². The fourth-order valence-corrected chi connectivity index (χ4v) is 5.01. The Morgan fingerprint density at radius 2 is 1.96 bits per heavy atom. The lowest BCUT2D eigenvalue weighted by Gasteiger charge is -2.35. The first kappa shape index (κ1) is 21.8. The highest BCUT2D eigenvalue weighted by Crippen LogP contribution is 2.21. The van der Waals surface area contributed by atoms with Crippen LogP contribution in [0.4, 0.5) is 4.79 Å². The first-order valence-electron chi connectivity index (χ1n) is 8.35. The van der Waals surface area contributed by atoms with Crippen LogP contribution in [-0.4, -0.2) is 73.8 Å². The van der Waals surface area contributed by atoms with E-state index in [2.05, 4.69) is 5.32 Å². The van der Waals surface area contributed by atoms with Crippen LogP contribution in [-0.2, 0) is 14.8 Å². The number of primary amides is 1. The number of benzene rings is 1. The van der Waals surface area contributed by atoms with Crippen molar-refractivity contribution in [3.8, 4) is 0 Å². The van der Waals surface area contributed by atoms with E-state index in [1.54, 1.807) is 28.8 Å². The Bertz CT molecular complexity index is 782. The molecule has 27 heavy (non-hydrogen) atoms. The van der Waals surface area contributed by atoms with Crippen molar-refractivity contribution >= 4 is 45.3 Å². The SMILES string of the molecule is CSCC[C@@H](NC(N)=O)C(=O)N1CCN(S(=O)(=O)c2cccc(Cl)c2)CC1. The molecule has 0 aliphatic carbocycles. The summed E-state index contributed by atoms with van der Waals surface area (Å²) in [5, 5.41) is 2.82. The monoisotopic (exact) mass is 434 g/mol. The number of rotatable bonds is 7.